The van der Waals surface area contributed by atoms with Gasteiger partial charge in [0.05, 0.1) is 11.8 Å². The van der Waals surface area contributed by atoms with Crippen molar-refractivity contribution in [3.05, 3.63) is 35.9 Å². The summed E-state index contributed by atoms with van der Waals surface area (Å²) in [6.45, 7) is 6.61. The molecule has 0 radical (unpaired) electrons. The van der Waals surface area contributed by atoms with E-state index in [1.54, 1.807) is 0 Å². The molecule has 0 bridgehead atoms. The minimum atomic E-state index is -0.0533. The molecule has 5 nitrogen and oxygen atoms in total. The van der Waals surface area contributed by atoms with E-state index in [1.165, 1.54) is 0 Å². The number of aromatic nitrogens is 3. The van der Waals surface area contributed by atoms with Crippen molar-refractivity contribution >= 4 is 0 Å². The average Bonchev–Trinajstić information content (AvgIpc) is 2.89. The normalized spacial score (nSPS) is 14.6. The van der Waals surface area contributed by atoms with Crippen molar-refractivity contribution in [2.24, 2.45) is 0 Å². The minimum absolute atomic E-state index is 0.0533. The first kappa shape index (κ1) is 13.1. The standard InChI is InChI=1S/C15H19N3O2/c1-4-12(20-10(2)3)15-17-16-14-9-19-13-8-6-5-7-11(13)18(14)15/h5-8,10,12H,4,9H2,1-3H3. The molecule has 20 heavy (non-hydrogen) atoms. The maximum absolute atomic E-state index is 5.96. The molecule has 0 saturated carbocycles. The summed E-state index contributed by atoms with van der Waals surface area (Å²) in [5.74, 6) is 2.54. The number of benzene rings is 1. The lowest BCUT2D eigenvalue weighted by Crippen LogP contribution is -2.19. The summed E-state index contributed by atoms with van der Waals surface area (Å²) >= 11 is 0. The Labute approximate surface area is 118 Å². The predicted octanol–water partition coefficient (Wildman–Crippen LogP) is 3.04. The zero-order valence-electron chi connectivity index (χ0n) is 12.0. The number of hydrogen-bond donors (Lipinski definition) is 0. The maximum Gasteiger partial charge on any atom is 0.175 e. The molecular formula is C15H19N3O2. The number of fused-ring (bicyclic) bond motifs is 3. The molecule has 5 heteroatoms. The molecule has 0 amide bonds. The summed E-state index contributed by atoms with van der Waals surface area (Å²) in [6.07, 6.45) is 0.963. The highest BCUT2D eigenvalue weighted by Crippen LogP contribution is 2.33. The van der Waals surface area contributed by atoms with Gasteiger partial charge in [-0.15, -0.1) is 10.2 Å². The van der Waals surface area contributed by atoms with E-state index < -0.39 is 0 Å². The molecule has 0 saturated heterocycles. The summed E-state index contributed by atoms with van der Waals surface area (Å²) in [6, 6.07) is 7.94. The molecule has 2 heterocycles. The summed E-state index contributed by atoms with van der Waals surface area (Å²) in [5, 5.41) is 8.57. The molecule has 3 rings (SSSR count). The summed E-state index contributed by atoms with van der Waals surface area (Å²) in [5.41, 5.74) is 0.986. The van der Waals surface area contributed by atoms with Crippen LogP contribution in [0.25, 0.3) is 5.69 Å². The Kier molecular flexibility index (Phi) is 3.44. The van der Waals surface area contributed by atoms with E-state index >= 15 is 0 Å². The van der Waals surface area contributed by atoms with Gasteiger partial charge in [-0.05, 0) is 32.4 Å². The van der Waals surface area contributed by atoms with Crippen molar-refractivity contribution in [3.8, 4) is 11.4 Å². The Hall–Kier alpha value is -1.88. The zero-order valence-corrected chi connectivity index (χ0v) is 12.0. The van der Waals surface area contributed by atoms with Crippen LogP contribution in [0.15, 0.2) is 24.3 Å². The maximum atomic E-state index is 5.96. The third kappa shape index (κ3) is 2.18. The Morgan fingerprint density at radius 2 is 2.10 bits per heavy atom. The topological polar surface area (TPSA) is 49.2 Å². The number of hydrogen-bond acceptors (Lipinski definition) is 4. The van der Waals surface area contributed by atoms with Crippen LogP contribution < -0.4 is 4.74 Å². The fraction of sp³-hybridized carbons (Fsp3) is 0.467. The van der Waals surface area contributed by atoms with Crippen LogP contribution in [0.5, 0.6) is 5.75 Å². The highest BCUT2D eigenvalue weighted by atomic mass is 16.5. The number of rotatable bonds is 4. The lowest BCUT2D eigenvalue weighted by molar-refractivity contribution is -0.00178. The lowest BCUT2D eigenvalue weighted by atomic mass is 10.2. The zero-order chi connectivity index (χ0) is 14.1. The van der Waals surface area contributed by atoms with E-state index in [-0.39, 0.29) is 12.2 Å². The second kappa shape index (κ2) is 5.25. The molecule has 0 N–H and O–H groups in total. The molecule has 1 atom stereocenters. The van der Waals surface area contributed by atoms with Gasteiger partial charge in [0.25, 0.3) is 0 Å². The largest absolute Gasteiger partial charge is 0.483 e. The van der Waals surface area contributed by atoms with Gasteiger partial charge < -0.3 is 9.47 Å². The van der Waals surface area contributed by atoms with Crippen molar-refractivity contribution < 1.29 is 9.47 Å². The van der Waals surface area contributed by atoms with Crippen molar-refractivity contribution in [1.82, 2.24) is 14.8 Å². The average molecular weight is 273 g/mol. The first-order valence-corrected chi connectivity index (χ1v) is 7.02. The fourth-order valence-corrected chi connectivity index (χ4v) is 2.47. The van der Waals surface area contributed by atoms with Gasteiger partial charge in [0, 0.05) is 0 Å². The summed E-state index contributed by atoms with van der Waals surface area (Å²) < 4.78 is 13.7. The van der Waals surface area contributed by atoms with Crippen LogP contribution in [0, 0.1) is 0 Å². The Morgan fingerprint density at radius 3 is 2.85 bits per heavy atom. The monoisotopic (exact) mass is 273 g/mol. The van der Waals surface area contributed by atoms with Crippen LogP contribution >= 0.6 is 0 Å². The van der Waals surface area contributed by atoms with Gasteiger partial charge in [0.1, 0.15) is 18.5 Å². The van der Waals surface area contributed by atoms with Crippen LogP contribution in [0.4, 0.5) is 0 Å². The predicted molar refractivity (Wildman–Crippen MR) is 74.9 cm³/mol. The number of para-hydroxylation sites is 2. The van der Waals surface area contributed by atoms with E-state index in [2.05, 4.69) is 21.7 Å². The third-order valence-corrected chi connectivity index (χ3v) is 3.31. The van der Waals surface area contributed by atoms with Crippen LogP contribution in [0.1, 0.15) is 44.9 Å². The Bertz CT molecular complexity index is 607. The molecule has 1 unspecified atom stereocenters. The van der Waals surface area contributed by atoms with Gasteiger partial charge in [-0.2, -0.15) is 0 Å². The molecule has 1 aromatic heterocycles. The molecule has 0 spiro atoms. The van der Waals surface area contributed by atoms with Crippen LogP contribution in [0.3, 0.4) is 0 Å². The first-order chi connectivity index (χ1) is 9.70. The molecule has 0 fully saturated rings. The molecule has 1 aliphatic heterocycles. The SMILES string of the molecule is CCC(OC(C)C)c1nnc2n1-c1ccccc1OC2. The van der Waals surface area contributed by atoms with Gasteiger partial charge in [-0.3, -0.25) is 4.57 Å². The number of nitrogens with zero attached hydrogens (tertiary/aromatic N) is 3. The molecule has 106 valence electrons. The lowest BCUT2D eigenvalue weighted by Gasteiger charge is -2.23. The van der Waals surface area contributed by atoms with Gasteiger partial charge in [0.15, 0.2) is 11.6 Å². The molecule has 1 aromatic carbocycles. The molecule has 1 aliphatic rings. The van der Waals surface area contributed by atoms with Gasteiger partial charge >= 0.3 is 0 Å². The van der Waals surface area contributed by atoms with Gasteiger partial charge in [-0.25, -0.2) is 0 Å². The van der Waals surface area contributed by atoms with E-state index in [0.717, 1.165) is 29.5 Å². The fourth-order valence-electron chi connectivity index (χ4n) is 2.47. The molecular weight excluding hydrogens is 254 g/mol. The summed E-state index contributed by atoms with van der Waals surface area (Å²) in [7, 11) is 0. The van der Waals surface area contributed by atoms with Crippen molar-refractivity contribution in [1.29, 1.82) is 0 Å². The van der Waals surface area contributed by atoms with E-state index in [1.807, 2.05) is 38.1 Å². The molecule has 0 aliphatic carbocycles. The van der Waals surface area contributed by atoms with Crippen molar-refractivity contribution in [2.75, 3.05) is 0 Å². The second-order valence-electron chi connectivity index (χ2n) is 5.15. The van der Waals surface area contributed by atoms with E-state index in [9.17, 15) is 0 Å². The summed E-state index contributed by atoms with van der Waals surface area (Å²) in [4.78, 5) is 0. The highest BCUT2D eigenvalue weighted by Gasteiger charge is 2.26. The molecule has 2 aromatic rings. The number of ether oxygens (including phenoxy) is 2. The quantitative estimate of drug-likeness (QED) is 0.859. The third-order valence-electron chi connectivity index (χ3n) is 3.31. The van der Waals surface area contributed by atoms with Gasteiger partial charge in [-0.1, -0.05) is 19.1 Å². The first-order valence-electron chi connectivity index (χ1n) is 7.02. The van der Waals surface area contributed by atoms with Crippen molar-refractivity contribution in [3.63, 3.8) is 0 Å². The smallest absolute Gasteiger partial charge is 0.175 e. The van der Waals surface area contributed by atoms with E-state index in [4.69, 9.17) is 9.47 Å². The second-order valence-corrected chi connectivity index (χ2v) is 5.15. The van der Waals surface area contributed by atoms with E-state index in [0.29, 0.717) is 6.61 Å². The Morgan fingerprint density at radius 1 is 1.30 bits per heavy atom. The van der Waals surface area contributed by atoms with Crippen LogP contribution in [0.2, 0.25) is 0 Å². The Balaban J connectivity index is 2.06. The van der Waals surface area contributed by atoms with Crippen LogP contribution in [-0.2, 0) is 11.3 Å². The minimum Gasteiger partial charge on any atom is -0.483 e. The van der Waals surface area contributed by atoms with Crippen LogP contribution in [-0.4, -0.2) is 20.9 Å². The van der Waals surface area contributed by atoms with Crippen molar-refractivity contribution in [2.45, 2.75) is 46.0 Å². The highest BCUT2D eigenvalue weighted by molar-refractivity contribution is 5.49. The van der Waals surface area contributed by atoms with Gasteiger partial charge in [0.2, 0.25) is 0 Å².